The molecule has 1 aliphatic heterocycles. The Morgan fingerprint density at radius 2 is 2.28 bits per heavy atom. The van der Waals surface area contributed by atoms with Gasteiger partial charge in [0.15, 0.2) is 0 Å². The van der Waals surface area contributed by atoms with Gasteiger partial charge >= 0.3 is 5.97 Å². The van der Waals surface area contributed by atoms with E-state index in [2.05, 4.69) is 26.8 Å². The lowest BCUT2D eigenvalue weighted by Gasteiger charge is -2.42. The average molecular weight is 250 g/mol. The summed E-state index contributed by atoms with van der Waals surface area (Å²) >= 11 is 0. The molecule has 1 saturated carbocycles. The molecule has 0 spiro atoms. The average Bonchev–Trinajstić information content (AvgIpc) is 2.75. The highest BCUT2D eigenvalue weighted by Crippen LogP contribution is 2.53. The molecular weight excluding hydrogens is 224 g/mol. The van der Waals surface area contributed by atoms with Gasteiger partial charge in [0.05, 0.1) is 12.5 Å². The maximum Gasteiger partial charge on any atom is 0.308 e. The Kier molecular flexibility index (Phi) is 4.14. The summed E-state index contributed by atoms with van der Waals surface area (Å²) < 4.78 is 5.43. The first-order chi connectivity index (χ1) is 8.55. The Labute approximate surface area is 111 Å². The predicted molar refractivity (Wildman–Crippen MR) is 73.2 cm³/mol. The van der Waals surface area contributed by atoms with E-state index in [1.807, 2.05) is 0 Å². The highest BCUT2D eigenvalue weighted by atomic mass is 16.5. The van der Waals surface area contributed by atoms with Crippen LogP contribution in [0.4, 0.5) is 0 Å². The first-order valence-electron chi connectivity index (χ1n) is 7.35. The molecule has 0 aromatic rings. The Bertz CT molecular complexity index is 341. The number of hydrogen-bond donors (Lipinski definition) is 0. The molecule has 2 heteroatoms. The summed E-state index contributed by atoms with van der Waals surface area (Å²) in [6.45, 7) is 7.04. The largest absolute Gasteiger partial charge is 0.465 e. The maximum atomic E-state index is 11.7. The van der Waals surface area contributed by atoms with Gasteiger partial charge in [-0.3, -0.25) is 4.79 Å². The Hall–Kier alpha value is -0.790. The molecule has 2 aliphatic rings. The Morgan fingerprint density at radius 1 is 1.50 bits per heavy atom. The Balaban J connectivity index is 1.96. The normalized spacial score (nSPS) is 34.9. The van der Waals surface area contributed by atoms with Crippen molar-refractivity contribution in [2.75, 3.05) is 6.61 Å². The van der Waals surface area contributed by atoms with E-state index in [4.69, 9.17) is 4.74 Å². The van der Waals surface area contributed by atoms with Crippen molar-refractivity contribution in [3.05, 3.63) is 11.6 Å². The second kappa shape index (κ2) is 5.46. The third-order valence-electron chi connectivity index (χ3n) is 4.88. The van der Waals surface area contributed by atoms with Gasteiger partial charge in [-0.05, 0) is 51.9 Å². The molecule has 1 aliphatic carbocycles. The molecule has 0 aromatic heterocycles. The standard InChI is InChI=1S/C16H26O2/c1-12(2)7-4-5-9-16-10-6-8-14(16)13(3)15(17)18-11-16/h7,13-14H,4-6,8-11H2,1-3H3/t13-,14-,16+/m0/s1. The third kappa shape index (κ3) is 2.62. The van der Waals surface area contributed by atoms with Crippen LogP contribution in [-0.4, -0.2) is 12.6 Å². The molecule has 2 rings (SSSR count). The second-order valence-corrected chi connectivity index (χ2v) is 6.43. The van der Waals surface area contributed by atoms with E-state index >= 15 is 0 Å². The molecule has 3 atom stereocenters. The van der Waals surface area contributed by atoms with Crippen molar-refractivity contribution in [1.29, 1.82) is 0 Å². The summed E-state index contributed by atoms with van der Waals surface area (Å²) in [7, 11) is 0. The molecule has 0 unspecified atom stereocenters. The minimum Gasteiger partial charge on any atom is -0.465 e. The molecule has 1 heterocycles. The number of cyclic esters (lactones) is 1. The summed E-state index contributed by atoms with van der Waals surface area (Å²) in [6, 6.07) is 0. The number of ether oxygens (including phenoxy) is 1. The fourth-order valence-corrected chi connectivity index (χ4v) is 3.86. The number of unbranched alkanes of at least 4 members (excludes halogenated alkanes) is 1. The van der Waals surface area contributed by atoms with E-state index in [-0.39, 0.29) is 11.9 Å². The van der Waals surface area contributed by atoms with Crippen molar-refractivity contribution in [1.82, 2.24) is 0 Å². The van der Waals surface area contributed by atoms with Crippen molar-refractivity contribution in [3.8, 4) is 0 Å². The molecule has 0 radical (unpaired) electrons. The van der Waals surface area contributed by atoms with Crippen LogP contribution in [0.25, 0.3) is 0 Å². The lowest BCUT2D eigenvalue weighted by atomic mass is 9.68. The van der Waals surface area contributed by atoms with E-state index in [0.29, 0.717) is 17.9 Å². The van der Waals surface area contributed by atoms with E-state index in [9.17, 15) is 4.79 Å². The van der Waals surface area contributed by atoms with Crippen LogP contribution >= 0.6 is 0 Å². The van der Waals surface area contributed by atoms with E-state index in [0.717, 1.165) is 0 Å². The van der Waals surface area contributed by atoms with Crippen LogP contribution in [0.1, 0.15) is 59.3 Å². The summed E-state index contributed by atoms with van der Waals surface area (Å²) in [6.07, 6.45) is 9.68. The predicted octanol–water partition coefficient (Wildman–Crippen LogP) is 4.10. The zero-order chi connectivity index (χ0) is 13.2. The van der Waals surface area contributed by atoms with E-state index in [1.54, 1.807) is 0 Å². The molecule has 0 N–H and O–H groups in total. The summed E-state index contributed by atoms with van der Waals surface area (Å²) in [4.78, 5) is 11.7. The number of carbonyl (C=O) groups is 1. The first-order valence-corrected chi connectivity index (χ1v) is 7.35. The number of hydrogen-bond acceptors (Lipinski definition) is 2. The monoisotopic (exact) mass is 250 g/mol. The summed E-state index contributed by atoms with van der Waals surface area (Å²) in [5.74, 6) is 0.719. The molecular formula is C16H26O2. The van der Waals surface area contributed by atoms with Crippen molar-refractivity contribution in [2.45, 2.75) is 59.3 Å². The van der Waals surface area contributed by atoms with Crippen LogP contribution in [0, 0.1) is 17.3 Å². The number of allylic oxidation sites excluding steroid dienone is 2. The van der Waals surface area contributed by atoms with Gasteiger partial charge in [0.25, 0.3) is 0 Å². The SMILES string of the molecule is CC(C)=CCCC[C@]12CCC[C@H]1[C@H](C)C(=O)OC2. The molecule has 0 aromatic carbocycles. The lowest BCUT2D eigenvalue weighted by molar-refractivity contribution is -0.167. The van der Waals surface area contributed by atoms with Gasteiger partial charge in [0.1, 0.15) is 0 Å². The zero-order valence-corrected chi connectivity index (χ0v) is 12.0. The maximum absolute atomic E-state index is 11.7. The lowest BCUT2D eigenvalue weighted by Crippen LogP contribution is -2.44. The minimum absolute atomic E-state index is 0.0295. The minimum atomic E-state index is 0.0295. The van der Waals surface area contributed by atoms with E-state index < -0.39 is 0 Å². The zero-order valence-electron chi connectivity index (χ0n) is 12.0. The van der Waals surface area contributed by atoms with Crippen LogP contribution in [0.2, 0.25) is 0 Å². The fourth-order valence-electron chi connectivity index (χ4n) is 3.86. The quantitative estimate of drug-likeness (QED) is 0.426. The third-order valence-corrected chi connectivity index (χ3v) is 4.88. The summed E-state index contributed by atoms with van der Waals surface area (Å²) in [5.41, 5.74) is 1.71. The van der Waals surface area contributed by atoms with Gasteiger partial charge in [-0.25, -0.2) is 0 Å². The van der Waals surface area contributed by atoms with Crippen molar-refractivity contribution < 1.29 is 9.53 Å². The van der Waals surface area contributed by atoms with Crippen LogP contribution in [0.3, 0.4) is 0 Å². The molecule has 2 nitrogen and oxygen atoms in total. The first kappa shape index (κ1) is 13.6. The Morgan fingerprint density at radius 3 is 3.00 bits per heavy atom. The highest BCUT2D eigenvalue weighted by molar-refractivity contribution is 5.73. The molecule has 102 valence electrons. The van der Waals surface area contributed by atoms with Gasteiger partial charge in [-0.2, -0.15) is 0 Å². The summed E-state index contributed by atoms with van der Waals surface area (Å²) in [5, 5.41) is 0. The van der Waals surface area contributed by atoms with Gasteiger partial charge in [-0.1, -0.05) is 25.0 Å². The topological polar surface area (TPSA) is 26.3 Å². The molecule has 18 heavy (non-hydrogen) atoms. The van der Waals surface area contributed by atoms with Crippen molar-refractivity contribution in [2.24, 2.45) is 17.3 Å². The molecule has 1 saturated heterocycles. The van der Waals surface area contributed by atoms with E-state index in [1.165, 1.54) is 44.1 Å². The fraction of sp³-hybridized carbons (Fsp3) is 0.812. The number of esters is 1. The second-order valence-electron chi connectivity index (χ2n) is 6.43. The number of fused-ring (bicyclic) bond motifs is 1. The van der Waals surface area contributed by atoms with Gasteiger partial charge in [-0.15, -0.1) is 0 Å². The van der Waals surface area contributed by atoms with Gasteiger partial charge < -0.3 is 4.74 Å². The number of carbonyl (C=O) groups excluding carboxylic acids is 1. The van der Waals surface area contributed by atoms with Crippen LogP contribution in [0.5, 0.6) is 0 Å². The molecule has 0 amide bonds. The highest BCUT2D eigenvalue weighted by Gasteiger charge is 2.50. The van der Waals surface area contributed by atoms with Crippen molar-refractivity contribution >= 4 is 5.97 Å². The number of rotatable bonds is 4. The van der Waals surface area contributed by atoms with Crippen LogP contribution in [-0.2, 0) is 9.53 Å². The van der Waals surface area contributed by atoms with Crippen LogP contribution < -0.4 is 0 Å². The molecule has 2 fully saturated rings. The van der Waals surface area contributed by atoms with Crippen molar-refractivity contribution in [3.63, 3.8) is 0 Å². The van der Waals surface area contributed by atoms with Crippen LogP contribution in [0.15, 0.2) is 11.6 Å². The van der Waals surface area contributed by atoms with Gasteiger partial charge in [0.2, 0.25) is 0 Å². The smallest absolute Gasteiger partial charge is 0.308 e. The van der Waals surface area contributed by atoms with Gasteiger partial charge in [0, 0.05) is 5.41 Å². The molecule has 0 bridgehead atoms.